The van der Waals surface area contributed by atoms with Crippen LogP contribution in [0, 0.1) is 0 Å². The van der Waals surface area contributed by atoms with Crippen LogP contribution in [0.3, 0.4) is 0 Å². The predicted molar refractivity (Wildman–Crippen MR) is 114 cm³/mol. The summed E-state index contributed by atoms with van der Waals surface area (Å²) >= 11 is 1.44. The second-order valence-corrected chi connectivity index (χ2v) is 7.37. The van der Waals surface area contributed by atoms with Gasteiger partial charge in [-0.3, -0.25) is 9.59 Å². The number of nitrogens with one attached hydrogen (secondary N) is 2. The van der Waals surface area contributed by atoms with Crippen LogP contribution in [0.25, 0.3) is 0 Å². The summed E-state index contributed by atoms with van der Waals surface area (Å²) < 4.78 is 5.32. The normalized spacial score (nSPS) is 10.5. The first-order valence-electron chi connectivity index (χ1n) is 9.29. The molecule has 0 bridgehead atoms. The molecule has 0 atom stereocenters. The number of carbonyl (C=O) groups excluding carboxylic acids is 1. The fourth-order valence-corrected chi connectivity index (χ4v) is 3.69. The summed E-state index contributed by atoms with van der Waals surface area (Å²) in [7, 11) is 1.63. The van der Waals surface area contributed by atoms with Crippen LogP contribution in [0.5, 0.6) is 5.75 Å². The van der Waals surface area contributed by atoms with Crippen molar-refractivity contribution in [1.82, 2.24) is 15.3 Å². The lowest BCUT2D eigenvalue weighted by molar-refractivity contribution is -0.120. The maximum Gasteiger partial charge on any atom is 0.251 e. The van der Waals surface area contributed by atoms with Gasteiger partial charge in [-0.25, -0.2) is 4.98 Å². The number of rotatable bonds is 9. The molecule has 0 fully saturated rings. The lowest BCUT2D eigenvalue weighted by atomic mass is 10.1. The van der Waals surface area contributed by atoms with Crippen LogP contribution in [-0.2, 0) is 23.4 Å². The van der Waals surface area contributed by atoms with E-state index < -0.39 is 0 Å². The molecule has 1 amide bonds. The van der Waals surface area contributed by atoms with Crippen molar-refractivity contribution in [2.75, 3.05) is 13.7 Å². The highest BCUT2D eigenvalue weighted by Gasteiger charge is 2.09. The van der Waals surface area contributed by atoms with Gasteiger partial charge in [-0.1, -0.05) is 60.3 Å². The average Bonchev–Trinajstić information content (AvgIpc) is 2.73. The van der Waals surface area contributed by atoms with E-state index in [4.69, 9.17) is 4.74 Å². The minimum atomic E-state index is -0.257. The van der Waals surface area contributed by atoms with Crippen LogP contribution in [0.1, 0.15) is 16.8 Å². The van der Waals surface area contributed by atoms with E-state index in [1.165, 1.54) is 17.8 Å². The Morgan fingerprint density at radius 2 is 1.90 bits per heavy atom. The van der Waals surface area contributed by atoms with Crippen LogP contribution >= 0.6 is 11.8 Å². The van der Waals surface area contributed by atoms with Crippen LogP contribution in [0.4, 0.5) is 0 Å². The molecule has 29 heavy (non-hydrogen) atoms. The van der Waals surface area contributed by atoms with Crippen molar-refractivity contribution < 1.29 is 9.53 Å². The zero-order chi connectivity index (χ0) is 20.5. The first kappa shape index (κ1) is 20.7. The minimum absolute atomic E-state index is 0.0642. The Labute approximate surface area is 173 Å². The van der Waals surface area contributed by atoms with Gasteiger partial charge < -0.3 is 15.0 Å². The van der Waals surface area contributed by atoms with Gasteiger partial charge in [0, 0.05) is 18.4 Å². The van der Waals surface area contributed by atoms with Crippen molar-refractivity contribution in [3.63, 3.8) is 0 Å². The van der Waals surface area contributed by atoms with Gasteiger partial charge in [-0.2, -0.15) is 0 Å². The third-order valence-electron chi connectivity index (χ3n) is 4.24. The molecule has 0 aliphatic rings. The summed E-state index contributed by atoms with van der Waals surface area (Å²) in [6.45, 7) is 0.484. The number of methoxy groups -OCH3 is 1. The molecule has 150 valence electrons. The van der Waals surface area contributed by atoms with Gasteiger partial charge in [-0.15, -0.1) is 0 Å². The van der Waals surface area contributed by atoms with Crippen molar-refractivity contribution >= 4 is 17.7 Å². The van der Waals surface area contributed by atoms with E-state index in [2.05, 4.69) is 15.3 Å². The van der Waals surface area contributed by atoms with Crippen molar-refractivity contribution in [2.45, 2.75) is 23.8 Å². The fraction of sp³-hybridized carbons (Fsp3) is 0.227. The number of hydrogen-bond acceptors (Lipinski definition) is 5. The number of benzene rings is 2. The van der Waals surface area contributed by atoms with Crippen LogP contribution in [0.2, 0.25) is 0 Å². The summed E-state index contributed by atoms with van der Waals surface area (Å²) in [6, 6.07) is 19.0. The second kappa shape index (κ2) is 10.5. The second-order valence-electron chi connectivity index (χ2n) is 6.40. The third kappa shape index (κ3) is 6.50. The van der Waals surface area contributed by atoms with Gasteiger partial charge in [0.1, 0.15) is 5.75 Å². The molecule has 2 aromatic carbocycles. The number of aromatic nitrogens is 2. The van der Waals surface area contributed by atoms with Gasteiger partial charge in [0.15, 0.2) is 5.16 Å². The average molecular weight is 410 g/mol. The molecular formula is C22H23N3O3S. The van der Waals surface area contributed by atoms with E-state index in [0.29, 0.717) is 29.6 Å². The Kier molecular flexibility index (Phi) is 7.47. The Hall–Kier alpha value is -3.06. The predicted octanol–water partition coefficient (Wildman–Crippen LogP) is 2.97. The Balaban J connectivity index is 1.53. The number of thioether (sulfide) groups is 1. The van der Waals surface area contributed by atoms with Crippen molar-refractivity contribution in [1.29, 1.82) is 0 Å². The molecule has 0 saturated carbocycles. The highest BCUT2D eigenvalue weighted by molar-refractivity contribution is 7.98. The molecule has 7 heteroatoms. The molecule has 0 aliphatic heterocycles. The molecular weight excluding hydrogens is 386 g/mol. The quantitative estimate of drug-likeness (QED) is 0.419. The van der Waals surface area contributed by atoms with E-state index in [-0.39, 0.29) is 17.9 Å². The highest BCUT2D eigenvalue weighted by Crippen LogP contribution is 2.18. The van der Waals surface area contributed by atoms with E-state index in [1.54, 1.807) is 7.11 Å². The number of amides is 1. The molecule has 0 spiro atoms. The number of carbonyl (C=O) groups is 1. The molecule has 1 aromatic heterocycles. The van der Waals surface area contributed by atoms with Crippen LogP contribution in [0.15, 0.2) is 70.6 Å². The topological polar surface area (TPSA) is 84.1 Å². The van der Waals surface area contributed by atoms with Crippen molar-refractivity contribution in [3.05, 3.63) is 87.8 Å². The van der Waals surface area contributed by atoms with Crippen LogP contribution < -0.4 is 15.6 Å². The number of nitrogens with zero attached hydrogens (tertiary/aromatic N) is 1. The monoisotopic (exact) mass is 409 g/mol. The number of H-pyrrole nitrogens is 1. The zero-order valence-electron chi connectivity index (χ0n) is 16.2. The molecule has 3 aromatic rings. The van der Waals surface area contributed by atoms with Gasteiger partial charge in [-0.05, 0) is 23.6 Å². The maximum absolute atomic E-state index is 12.3. The number of ether oxygens (including phenoxy) is 1. The number of para-hydroxylation sites is 1. The van der Waals surface area contributed by atoms with E-state index in [0.717, 1.165) is 16.9 Å². The van der Waals surface area contributed by atoms with Crippen molar-refractivity contribution in [3.8, 4) is 5.75 Å². The first-order chi connectivity index (χ1) is 14.1. The molecule has 1 heterocycles. The molecule has 0 aliphatic carbocycles. The largest absolute Gasteiger partial charge is 0.496 e. The SMILES string of the molecule is COc1ccccc1CCNC(=O)Cc1cc(=O)[nH]c(SCc2ccccc2)n1. The molecule has 2 N–H and O–H groups in total. The Morgan fingerprint density at radius 3 is 2.69 bits per heavy atom. The first-order valence-corrected chi connectivity index (χ1v) is 10.3. The lowest BCUT2D eigenvalue weighted by Crippen LogP contribution is -2.28. The summed E-state index contributed by atoms with van der Waals surface area (Å²) in [5.41, 5.74) is 2.37. The van der Waals surface area contributed by atoms with Crippen molar-refractivity contribution in [2.24, 2.45) is 0 Å². The summed E-state index contributed by atoms with van der Waals surface area (Å²) in [5, 5.41) is 3.39. The standard InChI is InChI=1S/C22H23N3O3S/c1-28-19-10-6-5-9-17(19)11-12-23-20(26)13-18-14-21(27)25-22(24-18)29-15-16-7-3-2-4-8-16/h2-10,14H,11-13,15H2,1H3,(H,23,26)(H,24,25,27). The molecule has 0 unspecified atom stereocenters. The summed E-state index contributed by atoms with van der Waals surface area (Å²) in [6.07, 6.45) is 0.728. The Bertz CT molecular complexity index is 1010. The van der Waals surface area contributed by atoms with Gasteiger partial charge in [0.2, 0.25) is 5.91 Å². The minimum Gasteiger partial charge on any atom is -0.496 e. The number of hydrogen-bond donors (Lipinski definition) is 2. The third-order valence-corrected chi connectivity index (χ3v) is 5.19. The smallest absolute Gasteiger partial charge is 0.251 e. The fourth-order valence-electron chi connectivity index (χ4n) is 2.84. The van der Waals surface area contributed by atoms with E-state index in [1.807, 2.05) is 54.6 Å². The zero-order valence-corrected chi connectivity index (χ0v) is 17.0. The Morgan fingerprint density at radius 1 is 1.14 bits per heavy atom. The van der Waals surface area contributed by atoms with Gasteiger partial charge >= 0.3 is 0 Å². The van der Waals surface area contributed by atoms with Gasteiger partial charge in [0.25, 0.3) is 5.56 Å². The maximum atomic E-state index is 12.3. The summed E-state index contributed by atoms with van der Waals surface area (Å²) in [5.74, 6) is 1.33. The molecule has 0 saturated heterocycles. The van der Waals surface area contributed by atoms with Gasteiger partial charge in [0.05, 0.1) is 19.2 Å². The lowest BCUT2D eigenvalue weighted by Gasteiger charge is -2.09. The number of aromatic amines is 1. The van der Waals surface area contributed by atoms with Crippen LogP contribution in [-0.4, -0.2) is 29.5 Å². The summed E-state index contributed by atoms with van der Waals surface area (Å²) in [4.78, 5) is 31.3. The van der Waals surface area contributed by atoms with E-state index in [9.17, 15) is 9.59 Å². The highest BCUT2D eigenvalue weighted by atomic mass is 32.2. The van der Waals surface area contributed by atoms with E-state index >= 15 is 0 Å². The molecule has 3 rings (SSSR count). The molecule has 6 nitrogen and oxygen atoms in total. The molecule has 0 radical (unpaired) electrons.